The maximum absolute atomic E-state index is 13.2. The van der Waals surface area contributed by atoms with Gasteiger partial charge in [0.05, 0.1) is 10.7 Å². The summed E-state index contributed by atoms with van der Waals surface area (Å²) in [7, 11) is 0. The van der Waals surface area contributed by atoms with Gasteiger partial charge in [-0.05, 0) is 30.3 Å². The van der Waals surface area contributed by atoms with Gasteiger partial charge in [-0.2, -0.15) is 0 Å². The molecule has 0 aliphatic carbocycles. The average molecular weight is 383 g/mol. The van der Waals surface area contributed by atoms with E-state index in [0.717, 1.165) is 22.0 Å². The van der Waals surface area contributed by atoms with Crippen LogP contribution in [0.1, 0.15) is 22.3 Å². The van der Waals surface area contributed by atoms with E-state index in [4.69, 9.17) is 0 Å². The van der Waals surface area contributed by atoms with E-state index in [-0.39, 0.29) is 11.8 Å². The van der Waals surface area contributed by atoms with E-state index in [1.54, 1.807) is 6.07 Å². The Kier molecular flexibility index (Phi) is 5.93. The summed E-state index contributed by atoms with van der Waals surface area (Å²) < 4.78 is 13.2. The van der Waals surface area contributed by atoms with Crippen molar-refractivity contribution < 1.29 is 14.0 Å². The molecule has 0 saturated heterocycles. The lowest BCUT2D eigenvalue weighted by Gasteiger charge is -2.04. The number of nitrogens with one attached hydrogen (secondary N) is 2. The topological polar surface area (TPSA) is 71.1 Å². The smallest absolute Gasteiger partial charge is 0.251 e. The van der Waals surface area contributed by atoms with Crippen molar-refractivity contribution in [2.45, 2.75) is 13.3 Å². The van der Waals surface area contributed by atoms with E-state index in [0.29, 0.717) is 18.5 Å². The van der Waals surface area contributed by atoms with Crippen molar-refractivity contribution in [2.24, 2.45) is 0 Å². The molecule has 0 aliphatic rings. The number of amides is 2. The number of hydrogen-bond acceptors (Lipinski definition) is 4. The molecule has 7 heteroatoms. The lowest BCUT2D eigenvalue weighted by Crippen LogP contribution is -2.25. The molecular weight excluding hydrogens is 365 g/mol. The molecular formula is C20H18FN3O2S. The normalized spacial score (nSPS) is 10.4. The predicted octanol–water partition coefficient (Wildman–Crippen LogP) is 3.88. The van der Waals surface area contributed by atoms with Gasteiger partial charge in [-0.3, -0.25) is 9.59 Å². The summed E-state index contributed by atoms with van der Waals surface area (Å²) >= 11 is 1.52. The summed E-state index contributed by atoms with van der Waals surface area (Å²) in [6.45, 7) is 1.89. The lowest BCUT2D eigenvalue weighted by atomic mass is 10.1. The van der Waals surface area contributed by atoms with Gasteiger partial charge in [-0.15, -0.1) is 11.3 Å². The van der Waals surface area contributed by atoms with E-state index >= 15 is 0 Å². The van der Waals surface area contributed by atoms with Crippen LogP contribution >= 0.6 is 11.3 Å². The lowest BCUT2D eigenvalue weighted by molar-refractivity contribution is -0.114. The molecule has 3 aromatic rings. The van der Waals surface area contributed by atoms with Crippen molar-refractivity contribution in [2.75, 3.05) is 11.9 Å². The number of nitrogens with zero attached hydrogens (tertiary/aromatic N) is 1. The summed E-state index contributed by atoms with van der Waals surface area (Å²) in [5, 5.41) is 8.35. The van der Waals surface area contributed by atoms with Crippen LogP contribution in [0.4, 0.5) is 10.1 Å². The molecule has 0 saturated carbocycles. The molecule has 0 spiro atoms. The fourth-order valence-corrected chi connectivity index (χ4v) is 3.31. The SMILES string of the molecule is CC(=O)Nc1ccc(-c2csc(CCNC(=O)c3cccc(F)c3)n2)cc1. The van der Waals surface area contributed by atoms with Crippen molar-refractivity contribution in [3.63, 3.8) is 0 Å². The van der Waals surface area contributed by atoms with Crippen LogP contribution in [0.15, 0.2) is 53.9 Å². The third-order valence-electron chi connectivity index (χ3n) is 3.76. The molecule has 2 aromatic carbocycles. The molecule has 2 amide bonds. The van der Waals surface area contributed by atoms with Crippen molar-refractivity contribution >= 4 is 28.8 Å². The van der Waals surface area contributed by atoms with Gasteiger partial charge in [0.25, 0.3) is 5.91 Å². The first-order valence-electron chi connectivity index (χ1n) is 8.37. The Morgan fingerprint density at radius 3 is 2.63 bits per heavy atom. The van der Waals surface area contributed by atoms with Crippen molar-refractivity contribution in [3.8, 4) is 11.3 Å². The molecule has 1 heterocycles. The highest BCUT2D eigenvalue weighted by atomic mass is 32.1. The number of thiazole rings is 1. The number of anilines is 1. The van der Waals surface area contributed by atoms with Crippen molar-refractivity contribution in [1.82, 2.24) is 10.3 Å². The van der Waals surface area contributed by atoms with E-state index in [1.165, 1.54) is 36.5 Å². The number of rotatable bonds is 6. The van der Waals surface area contributed by atoms with Crippen LogP contribution < -0.4 is 10.6 Å². The van der Waals surface area contributed by atoms with Crippen LogP contribution in [-0.4, -0.2) is 23.3 Å². The van der Waals surface area contributed by atoms with Crippen molar-refractivity contribution in [1.29, 1.82) is 0 Å². The number of halogens is 1. The zero-order valence-corrected chi connectivity index (χ0v) is 15.5. The molecule has 0 aliphatic heterocycles. The summed E-state index contributed by atoms with van der Waals surface area (Å²) in [6.07, 6.45) is 0.593. The largest absolute Gasteiger partial charge is 0.352 e. The van der Waals surface area contributed by atoms with E-state index in [1.807, 2.05) is 29.6 Å². The van der Waals surface area contributed by atoms with Gasteiger partial charge >= 0.3 is 0 Å². The number of hydrogen-bond donors (Lipinski definition) is 2. The quantitative estimate of drug-likeness (QED) is 0.679. The Balaban J connectivity index is 1.55. The van der Waals surface area contributed by atoms with E-state index in [2.05, 4.69) is 15.6 Å². The standard InChI is InChI=1S/C20H18FN3O2S/c1-13(25)23-17-7-5-14(6-8-17)18-12-27-19(24-18)9-10-22-20(26)15-3-2-4-16(21)11-15/h2-8,11-12H,9-10H2,1H3,(H,22,26)(H,23,25). The summed E-state index contributed by atoms with van der Waals surface area (Å²) in [5.41, 5.74) is 2.84. The minimum atomic E-state index is -0.434. The Labute approximate surface area is 160 Å². The Morgan fingerprint density at radius 1 is 1.15 bits per heavy atom. The highest BCUT2D eigenvalue weighted by Crippen LogP contribution is 2.23. The van der Waals surface area contributed by atoms with Crippen LogP contribution in [0.2, 0.25) is 0 Å². The molecule has 0 radical (unpaired) electrons. The molecule has 0 bridgehead atoms. The average Bonchev–Trinajstić information content (AvgIpc) is 3.10. The van der Waals surface area contributed by atoms with Gasteiger partial charge in [0.2, 0.25) is 5.91 Å². The number of aromatic nitrogens is 1. The monoisotopic (exact) mass is 383 g/mol. The summed E-state index contributed by atoms with van der Waals surface area (Å²) in [5.74, 6) is -0.851. The molecule has 2 N–H and O–H groups in total. The molecule has 0 unspecified atom stereocenters. The fourth-order valence-electron chi connectivity index (χ4n) is 2.50. The second-order valence-electron chi connectivity index (χ2n) is 5.90. The minimum Gasteiger partial charge on any atom is -0.352 e. The first-order valence-corrected chi connectivity index (χ1v) is 9.25. The minimum absolute atomic E-state index is 0.112. The van der Waals surface area contributed by atoms with Crippen LogP contribution in [0.25, 0.3) is 11.3 Å². The number of benzene rings is 2. The molecule has 1 aromatic heterocycles. The zero-order valence-electron chi connectivity index (χ0n) is 14.7. The van der Waals surface area contributed by atoms with Gasteiger partial charge in [0.15, 0.2) is 0 Å². The Morgan fingerprint density at radius 2 is 1.93 bits per heavy atom. The molecule has 0 fully saturated rings. The molecule has 5 nitrogen and oxygen atoms in total. The van der Waals surface area contributed by atoms with Crippen LogP contribution in [0.5, 0.6) is 0 Å². The first-order chi connectivity index (χ1) is 13.0. The van der Waals surface area contributed by atoms with Gasteiger partial charge in [0.1, 0.15) is 5.82 Å². The highest BCUT2D eigenvalue weighted by Gasteiger charge is 2.08. The number of carbonyl (C=O) groups is 2. The maximum Gasteiger partial charge on any atom is 0.251 e. The predicted molar refractivity (Wildman–Crippen MR) is 104 cm³/mol. The second-order valence-corrected chi connectivity index (χ2v) is 6.84. The third-order valence-corrected chi connectivity index (χ3v) is 4.67. The summed E-state index contributed by atoms with van der Waals surface area (Å²) in [4.78, 5) is 27.6. The van der Waals surface area contributed by atoms with Gasteiger partial charge < -0.3 is 10.6 Å². The Hall–Kier alpha value is -3.06. The van der Waals surface area contributed by atoms with Crippen molar-refractivity contribution in [3.05, 3.63) is 70.3 Å². The maximum atomic E-state index is 13.2. The molecule has 27 heavy (non-hydrogen) atoms. The van der Waals surface area contributed by atoms with Gasteiger partial charge in [0, 0.05) is 42.1 Å². The number of carbonyl (C=O) groups excluding carboxylic acids is 2. The Bertz CT molecular complexity index is 954. The van der Waals surface area contributed by atoms with Gasteiger partial charge in [-0.25, -0.2) is 9.37 Å². The molecule has 138 valence electrons. The van der Waals surface area contributed by atoms with Crippen LogP contribution in [0, 0.1) is 5.82 Å². The van der Waals surface area contributed by atoms with E-state index in [9.17, 15) is 14.0 Å². The highest BCUT2D eigenvalue weighted by molar-refractivity contribution is 7.09. The first kappa shape index (κ1) is 18.7. The van der Waals surface area contributed by atoms with E-state index < -0.39 is 5.82 Å². The second kappa shape index (κ2) is 8.55. The molecule has 0 atom stereocenters. The van der Waals surface area contributed by atoms with Crippen LogP contribution in [-0.2, 0) is 11.2 Å². The fraction of sp³-hybridized carbons (Fsp3) is 0.150. The molecule has 3 rings (SSSR count). The van der Waals surface area contributed by atoms with Gasteiger partial charge in [-0.1, -0.05) is 18.2 Å². The zero-order chi connectivity index (χ0) is 19.2. The third kappa shape index (κ3) is 5.21. The summed E-state index contributed by atoms with van der Waals surface area (Å²) in [6, 6.07) is 13.0. The van der Waals surface area contributed by atoms with Crippen LogP contribution in [0.3, 0.4) is 0 Å².